The van der Waals surface area contributed by atoms with Crippen molar-refractivity contribution in [1.29, 1.82) is 0 Å². The van der Waals surface area contributed by atoms with Crippen molar-refractivity contribution in [1.82, 2.24) is 4.98 Å². The topological polar surface area (TPSA) is 56.0 Å². The second-order valence-corrected chi connectivity index (χ2v) is 3.95. The third-order valence-electron chi connectivity index (χ3n) is 2.26. The summed E-state index contributed by atoms with van der Waals surface area (Å²) in [5.41, 5.74) is -8.48. The predicted octanol–water partition coefficient (Wildman–Crippen LogP) is 4.30. The molecular formula is C10H3F9N2O2. The van der Waals surface area contributed by atoms with Crippen molar-refractivity contribution in [2.45, 2.75) is 18.5 Å². The van der Waals surface area contributed by atoms with Crippen LogP contribution in [0.15, 0.2) is 18.3 Å². The van der Waals surface area contributed by atoms with Crippen LogP contribution in [0.2, 0.25) is 0 Å². The van der Waals surface area contributed by atoms with Crippen LogP contribution in [0.25, 0.3) is 5.57 Å². The third-order valence-corrected chi connectivity index (χ3v) is 2.26. The highest BCUT2D eigenvalue weighted by atomic mass is 19.4. The van der Waals surface area contributed by atoms with E-state index in [0.717, 1.165) is 0 Å². The van der Waals surface area contributed by atoms with Gasteiger partial charge in [-0.15, -0.1) is 0 Å². The van der Waals surface area contributed by atoms with Crippen LogP contribution in [0.4, 0.5) is 39.5 Å². The lowest BCUT2D eigenvalue weighted by Gasteiger charge is -2.15. The number of halogens is 9. The summed E-state index contributed by atoms with van der Waals surface area (Å²) in [5.74, 6) is 0. The largest absolute Gasteiger partial charge is 0.433 e. The minimum atomic E-state index is -5.56. The Labute approximate surface area is 120 Å². The molecule has 0 aliphatic heterocycles. The summed E-state index contributed by atoms with van der Waals surface area (Å²) in [7, 11) is 0. The fourth-order valence-corrected chi connectivity index (χ4v) is 1.39. The maximum Gasteiger partial charge on any atom is 0.433 e. The van der Waals surface area contributed by atoms with E-state index < -0.39 is 52.2 Å². The van der Waals surface area contributed by atoms with Crippen LogP contribution < -0.4 is 0 Å². The van der Waals surface area contributed by atoms with Gasteiger partial charge in [0.05, 0.1) is 4.92 Å². The number of hydrogen-bond acceptors (Lipinski definition) is 3. The third kappa shape index (κ3) is 4.82. The molecule has 0 saturated heterocycles. The first-order valence-electron chi connectivity index (χ1n) is 5.21. The molecule has 0 bridgehead atoms. The zero-order chi connectivity index (χ0) is 18.2. The summed E-state index contributed by atoms with van der Waals surface area (Å²) in [5, 5.41) is 10.2. The Hall–Kier alpha value is -2.34. The van der Waals surface area contributed by atoms with Crippen molar-refractivity contribution in [3.05, 3.63) is 45.4 Å². The monoisotopic (exact) mass is 354 g/mol. The van der Waals surface area contributed by atoms with E-state index in [1.54, 1.807) is 0 Å². The quantitative estimate of drug-likeness (QED) is 0.452. The zero-order valence-electron chi connectivity index (χ0n) is 10.3. The molecule has 0 fully saturated rings. The lowest BCUT2D eigenvalue weighted by atomic mass is 10.0. The molecule has 1 aromatic heterocycles. The lowest BCUT2D eigenvalue weighted by molar-refractivity contribution is -0.402. The van der Waals surface area contributed by atoms with Gasteiger partial charge < -0.3 is 0 Å². The molecule has 0 radical (unpaired) electrons. The molecule has 0 aromatic carbocycles. The van der Waals surface area contributed by atoms with Gasteiger partial charge in [-0.2, -0.15) is 39.5 Å². The van der Waals surface area contributed by atoms with Gasteiger partial charge in [-0.25, -0.2) is 4.98 Å². The molecule has 0 aliphatic carbocycles. The van der Waals surface area contributed by atoms with Crippen molar-refractivity contribution in [2.75, 3.05) is 0 Å². The van der Waals surface area contributed by atoms with E-state index in [-0.39, 0.29) is 12.1 Å². The average Bonchev–Trinajstić information content (AvgIpc) is 2.31. The van der Waals surface area contributed by atoms with Crippen LogP contribution in [0.1, 0.15) is 17.0 Å². The standard InChI is InChI=1S/C10H3F9N2O2/c11-8(12,13)5(3-21(22)23)4-1-6(9(14,15)16)20-7(2-4)10(17,18)19/h1-3H/b5-3+. The van der Waals surface area contributed by atoms with E-state index in [9.17, 15) is 49.6 Å². The Morgan fingerprint density at radius 3 is 1.61 bits per heavy atom. The fraction of sp³-hybridized carbons (Fsp3) is 0.300. The number of allylic oxidation sites excluding steroid dienone is 1. The Balaban J connectivity index is 3.72. The number of rotatable bonds is 2. The molecule has 13 heteroatoms. The maximum atomic E-state index is 12.7. The fourth-order valence-electron chi connectivity index (χ4n) is 1.39. The van der Waals surface area contributed by atoms with Gasteiger partial charge in [-0.3, -0.25) is 10.1 Å². The van der Waals surface area contributed by atoms with Gasteiger partial charge in [0.25, 0.3) is 0 Å². The van der Waals surface area contributed by atoms with Crippen molar-refractivity contribution in [2.24, 2.45) is 0 Å². The summed E-state index contributed by atoms with van der Waals surface area (Å²) >= 11 is 0. The number of aromatic nitrogens is 1. The summed E-state index contributed by atoms with van der Waals surface area (Å²) in [6.07, 6.45) is -17.3. The molecular weight excluding hydrogens is 351 g/mol. The molecule has 0 N–H and O–H groups in total. The normalized spacial score (nSPS) is 14.0. The van der Waals surface area contributed by atoms with E-state index in [1.165, 1.54) is 0 Å². The molecule has 1 heterocycles. The van der Waals surface area contributed by atoms with Crippen molar-refractivity contribution in [3.63, 3.8) is 0 Å². The number of alkyl halides is 9. The molecule has 128 valence electrons. The average molecular weight is 354 g/mol. The number of pyridine rings is 1. The Kier molecular flexibility index (Phi) is 4.64. The van der Waals surface area contributed by atoms with Crippen LogP contribution in [0.5, 0.6) is 0 Å². The molecule has 0 aliphatic rings. The highest BCUT2D eigenvalue weighted by molar-refractivity contribution is 5.69. The molecule has 1 aromatic rings. The molecule has 0 spiro atoms. The molecule has 0 unspecified atom stereocenters. The van der Waals surface area contributed by atoms with Crippen LogP contribution in [-0.4, -0.2) is 16.1 Å². The Morgan fingerprint density at radius 2 is 1.35 bits per heavy atom. The van der Waals surface area contributed by atoms with E-state index in [0.29, 0.717) is 0 Å². The van der Waals surface area contributed by atoms with Gasteiger partial charge in [-0.1, -0.05) is 0 Å². The van der Waals surface area contributed by atoms with Gasteiger partial charge >= 0.3 is 18.5 Å². The zero-order valence-corrected chi connectivity index (χ0v) is 10.3. The smallest absolute Gasteiger partial charge is 0.259 e. The van der Waals surface area contributed by atoms with Crippen LogP contribution in [0.3, 0.4) is 0 Å². The maximum absolute atomic E-state index is 12.7. The minimum absolute atomic E-state index is 0.349. The molecule has 4 nitrogen and oxygen atoms in total. The second-order valence-electron chi connectivity index (χ2n) is 3.95. The Bertz CT molecular complexity index is 611. The summed E-state index contributed by atoms with van der Waals surface area (Å²) in [6, 6.07) is -0.698. The molecule has 23 heavy (non-hydrogen) atoms. The van der Waals surface area contributed by atoms with Gasteiger partial charge in [0, 0.05) is 0 Å². The number of nitrogens with zero attached hydrogens (tertiary/aromatic N) is 2. The van der Waals surface area contributed by atoms with Gasteiger partial charge in [-0.05, 0) is 17.7 Å². The summed E-state index contributed by atoms with van der Waals surface area (Å²) in [4.78, 5) is 10.7. The Morgan fingerprint density at radius 1 is 0.957 bits per heavy atom. The lowest BCUT2D eigenvalue weighted by Crippen LogP contribution is -2.18. The molecule has 1 rings (SSSR count). The summed E-state index contributed by atoms with van der Waals surface area (Å²) in [6.45, 7) is 0. The predicted molar refractivity (Wildman–Crippen MR) is 55.3 cm³/mol. The highest BCUT2D eigenvalue weighted by Crippen LogP contribution is 2.39. The van der Waals surface area contributed by atoms with Gasteiger partial charge in [0.2, 0.25) is 6.20 Å². The highest BCUT2D eigenvalue weighted by Gasteiger charge is 2.43. The van der Waals surface area contributed by atoms with Crippen LogP contribution in [-0.2, 0) is 12.4 Å². The minimum Gasteiger partial charge on any atom is -0.259 e. The van der Waals surface area contributed by atoms with E-state index in [1.807, 2.05) is 0 Å². The van der Waals surface area contributed by atoms with Crippen molar-refractivity contribution < 1.29 is 44.4 Å². The second kappa shape index (κ2) is 5.70. The first kappa shape index (κ1) is 18.7. The van der Waals surface area contributed by atoms with Crippen LogP contribution >= 0.6 is 0 Å². The summed E-state index contributed by atoms with van der Waals surface area (Å²) < 4.78 is 113. The van der Waals surface area contributed by atoms with Gasteiger partial charge in [0.15, 0.2) is 0 Å². The van der Waals surface area contributed by atoms with Gasteiger partial charge in [0.1, 0.15) is 17.0 Å². The van der Waals surface area contributed by atoms with E-state index in [2.05, 4.69) is 4.98 Å². The molecule has 0 atom stereocenters. The SMILES string of the molecule is O=[N+]([O-])/C=C(\c1cc(C(F)(F)F)nc(C(F)(F)F)c1)C(F)(F)F. The molecule has 0 amide bonds. The van der Waals surface area contributed by atoms with E-state index >= 15 is 0 Å². The number of hydrogen-bond donors (Lipinski definition) is 0. The first-order valence-corrected chi connectivity index (χ1v) is 5.21. The van der Waals surface area contributed by atoms with E-state index in [4.69, 9.17) is 0 Å². The first-order chi connectivity index (χ1) is 10.1. The number of nitro groups is 1. The van der Waals surface area contributed by atoms with Crippen LogP contribution in [0, 0.1) is 10.1 Å². The molecule has 0 saturated carbocycles. The van der Waals surface area contributed by atoms with Crippen molar-refractivity contribution in [3.8, 4) is 0 Å². The van der Waals surface area contributed by atoms with Crippen molar-refractivity contribution >= 4 is 5.57 Å².